The zero-order valence-electron chi connectivity index (χ0n) is 12.5. The molecule has 0 aliphatic heterocycles. The van der Waals surface area contributed by atoms with Gasteiger partial charge in [0.1, 0.15) is 0 Å². The Morgan fingerprint density at radius 2 is 2.00 bits per heavy atom. The van der Waals surface area contributed by atoms with Gasteiger partial charge in [-0.2, -0.15) is 0 Å². The van der Waals surface area contributed by atoms with Gasteiger partial charge in [0.25, 0.3) is 5.91 Å². The molecule has 1 heterocycles. The molecule has 0 spiro atoms. The molecule has 1 aromatic heterocycles. The molecule has 0 saturated carbocycles. The summed E-state index contributed by atoms with van der Waals surface area (Å²) in [4.78, 5) is 27.0. The minimum atomic E-state index is -0.886. The Bertz CT molecular complexity index is 664. The number of nitrogens with one attached hydrogen (secondary N) is 1. The fourth-order valence-electron chi connectivity index (χ4n) is 2.07. The van der Waals surface area contributed by atoms with Crippen LogP contribution in [0.4, 0.5) is 0 Å². The summed E-state index contributed by atoms with van der Waals surface area (Å²) in [5.41, 5.74) is 0.984. The van der Waals surface area contributed by atoms with Gasteiger partial charge in [0, 0.05) is 24.9 Å². The van der Waals surface area contributed by atoms with Crippen LogP contribution in [0.1, 0.15) is 36.1 Å². The Kier molecular flexibility index (Phi) is 4.93. The number of carboxylic acid groups (broad SMARTS) is 1. The number of carbonyl (C=O) groups is 2. The van der Waals surface area contributed by atoms with Crippen molar-refractivity contribution in [2.24, 2.45) is 0 Å². The van der Waals surface area contributed by atoms with Gasteiger partial charge in [-0.3, -0.25) is 9.59 Å². The molecule has 0 bridgehead atoms. The van der Waals surface area contributed by atoms with Crippen LogP contribution in [-0.4, -0.2) is 28.0 Å². The molecule has 2 N–H and O–H groups in total. The van der Waals surface area contributed by atoms with Crippen LogP contribution in [0.3, 0.4) is 0 Å². The summed E-state index contributed by atoms with van der Waals surface area (Å²) < 4.78 is 5.54. The summed E-state index contributed by atoms with van der Waals surface area (Å²) in [6.45, 7) is 3.44. The first kappa shape index (κ1) is 15.8. The van der Waals surface area contributed by atoms with Gasteiger partial charge in [-0.1, -0.05) is 30.3 Å². The van der Waals surface area contributed by atoms with Gasteiger partial charge in [0.15, 0.2) is 17.3 Å². The van der Waals surface area contributed by atoms with Crippen LogP contribution >= 0.6 is 0 Å². The Morgan fingerprint density at radius 1 is 1.32 bits per heavy atom. The summed E-state index contributed by atoms with van der Waals surface area (Å²) in [5.74, 6) is -0.430. The fourth-order valence-corrected chi connectivity index (χ4v) is 2.07. The van der Waals surface area contributed by atoms with Gasteiger partial charge in [-0.25, -0.2) is 4.98 Å². The van der Waals surface area contributed by atoms with Crippen LogP contribution < -0.4 is 5.32 Å². The van der Waals surface area contributed by atoms with E-state index in [-0.39, 0.29) is 24.1 Å². The summed E-state index contributed by atoms with van der Waals surface area (Å²) in [6, 6.07) is 8.99. The average molecular weight is 302 g/mol. The first-order chi connectivity index (χ1) is 10.5. The number of carbonyl (C=O) groups excluding carboxylic acids is 1. The molecule has 0 saturated heterocycles. The Morgan fingerprint density at radius 3 is 2.64 bits per heavy atom. The van der Waals surface area contributed by atoms with Crippen LogP contribution in [0, 0.1) is 6.92 Å². The molecule has 1 amide bonds. The number of oxazole rings is 1. The molecule has 6 heteroatoms. The van der Waals surface area contributed by atoms with Crippen LogP contribution in [0.25, 0.3) is 11.3 Å². The lowest BCUT2D eigenvalue weighted by atomic mass is 10.1. The monoisotopic (exact) mass is 302 g/mol. The molecule has 116 valence electrons. The van der Waals surface area contributed by atoms with Crippen LogP contribution in [0.5, 0.6) is 0 Å². The number of benzene rings is 1. The molecule has 0 fully saturated rings. The van der Waals surface area contributed by atoms with Crippen molar-refractivity contribution < 1.29 is 19.1 Å². The predicted molar refractivity (Wildman–Crippen MR) is 80.5 cm³/mol. The molecular weight excluding hydrogens is 284 g/mol. The highest BCUT2D eigenvalue weighted by molar-refractivity contribution is 5.97. The zero-order chi connectivity index (χ0) is 16.1. The highest BCUT2D eigenvalue weighted by Gasteiger charge is 2.21. The third-order valence-corrected chi connectivity index (χ3v) is 3.15. The van der Waals surface area contributed by atoms with E-state index in [9.17, 15) is 9.59 Å². The number of rotatable bonds is 6. The van der Waals surface area contributed by atoms with Crippen molar-refractivity contribution >= 4 is 11.9 Å². The van der Waals surface area contributed by atoms with Crippen molar-refractivity contribution in [3.63, 3.8) is 0 Å². The first-order valence-corrected chi connectivity index (χ1v) is 7.03. The number of amides is 1. The van der Waals surface area contributed by atoms with Gasteiger partial charge >= 0.3 is 5.97 Å². The first-order valence-electron chi connectivity index (χ1n) is 7.03. The van der Waals surface area contributed by atoms with Gasteiger partial charge in [-0.05, 0) is 13.3 Å². The fraction of sp³-hybridized carbons (Fsp3) is 0.312. The third-order valence-electron chi connectivity index (χ3n) is 3.15. The minimum absolute atomic E-state index is 0.00479. The molecule has 6 nitrogen and oxygen atoms in total. The largest absolute Gasteiger partial charge is 0.481 e. The molecular formula is C16H18N2O4. The highest BCUT2D eigenvalue weighted by atomic mass is 16.4. The van der Waals surface area contributed by atoms with E-state index < -0.39 is 5.97 Å². The van der Waals surface area contributed by atoms with E-state index in [1.165, 1.54) is 0 Å². The SMILES string of the molecule is Cc1nc(C(=O)NC(C)CCC(=O)O)c(-c2ccccc2)o1. The van der Waals surface area contributed by atoms with Crippen molar-refractivity contribution in [3.8, 4) is 11.3 Å². The number of aryl methyl sites for hydroxylation is 1. The smallest absolute Gasteiger partial charge is 0.303 e. The van der Waals surface area contributed by atoms with E-state index in [4.69, 9.17) is 9.52 Å². The quantitative estimate of drug-likeness (QED) is 0.855. The van der Waals surface area contributed by atoms with E-state index in [0.29, 0.717) is 18.1 Å². The number of carboxylic acids is 1. The van der Waals surface area contributed by atoms with Crippen molar-refractivity contribution in [2.75, 3.05) is 0 Å². The van der Waals surface area contributed by atoms with Crippen LogP contribution in [-0.2, 0) is 4.79 Å². The van der Waals surface area contributed by atoms with Crippen molar-refractivity contribution in [1.82, 2.24) is 10.3 Å². The van der Waals surface area contributed by atoms with Crippen molar-refractivity contribution in [2.45, 2.75) is 32.7 Å². The van der Waals surface area contributed by atoms with Gasteiger partial charge in [0.2, 0.25) is 0 Å². The summed E-state index contributed by atoms with van der Waals surface area (Å²) in [6.07, 6.45) is 0.364. The molecule has 0 radical (unpaired) electrons. The molecule has 0 aliphatic rings. The maximum atomic E-state index is 12.3. The van der Waals surface area contributed by atoms with Crippen molar-refractivity contribution in [1.29, 1.82) is 0 Å². The standard InChI is InChI=1S/C16H18N2O4/c1-10(8-9-13(19)20)17-16(21)14-15(22-11(2)18-14)12-6-4-3-5-7-12/h3-7,10H,8-9H2,1-2H3,(H,17,21)(H,19,20). The predicted octanol–water partition coefficient (Wildman–Crippen LogP) is 2.63. The summed E-state index contributed by atoms with van der Waals surface area (Å²) in [7, 11) is 0. The highest BCUT2D eigenvalue weighted by Crippen LogP contribution is 2.24. The van der Waals surface area contributed by atoms with Crippen molar-refractivity contribution in [3.05, 3.63) is 41.9 Å². The lowest BCUT2D eigenvalue weighted by Crippen LogP contribution is -2.33. The van der Waals surface area contributed by atoms with Gasteiger partial charge in [-0.15, -0.1) is 0 Å². The minimum Gasteiger partial charge on any atom is -0.481 e. The Labute approximate surface area is 128 Å². The lowest BCUT2D eigenvalue weighted by Gasteiger charge is -2.11. The normalized spacial score (nSPS) is 11.9. The maximum Gasteiger partial charge on any atom is 0.303 e. The maximum absolute atomic E-state index is 12.3. The Balaban J connectivity index is 2.15. The molecule has 1 atom stereocenters. The molecule has 22 heavy (non-hydrogen) atoms. The molecule has 2 aromatic rings. The number of hydrogen-bond donors (Lipinski definition) is 2. The number of aromatic nitrogens is 1. The molecule has 0 aliphatic carbocycles. The number of hydrogen-bond acceptors (Lipinski definition) is 4. The zero-order valence-corrected chi connectivity index (χ0v) is 12.5. The van der Waals surface area contributed by atoms with E-state index in [0.717, 1.165) is 5.56 Å². The molecule has 1 aromatic carbocycles. The second-order valence-corrected chi connectivity index (χ2v) is 5.08. The van der Waals surface area contributed by atoms with E-state index in [1.807, 2.05) is 30.3 Å². The lowest BCUT2D eigenvalue weighted by molar-refractivity contribution is -0.137. The average Bonchev–Trinajstić information content (AvgIpc) is 2.88. The second-order valence-electron chi connectivity index (χ2n) is 5.08. The van der Waals surface area contributed by atoms with Gasteiger partial charge < -0.3 is 14.8 Å². The van der Waals surface area contributed by atoms with Gasteiger partial charge in [0.05, 0.1) is 0 Å². The number of nitrogens with zero attached hydrogens (tertiary/aromatic N) is 1. The van der Waals surface area contributed by atoms with E-state index in [1.54, 1.807) is 13.8 Å². The Hall–Kier alpha value is -2.63. The van der Waals surface area contributed by atoms with Crippen LogP contribution in [0.2, 0.25) is 0 Å². The molecule has 1 unspecified atom stereocenters. The summed E-state index contributed by atoms with van der Waals surface area (Å²) >= 11 is 0. The molecule has 2 rings (SSSR count). The summed E-state index contributed by atoms with van der Waals surface area (Å²) in [5, 5.41) is 11.4. The van der Waals surface area contributed by atoms with E-state index >= 15 is 0 Å². The second kappa shape index (κ2) is 6.89. The topological polar surface area (TPSA) is 92.4 Å². The third kappa shape index (κ3) is 3.94. The van der Waals surface area contributed by atoms with E-state index in [2.05, 4.69) is 10.3 Å². The number of aliphatic carboxylic acids is 1. The van der Waals surface area contributed by atoms with Crippen LogP contribution in [0.15, 0.2) is 34.7 Å².